The van der Waals surface area contributed by atoms with Crippen molar-refractivity contribution < 1.29 is 13.2 Å². The Balaban J connectivity index is 1.40. The Hall–Kier alpha value is -3.13. The van der Waals surface area contributed by atoms with Crippen LogP contribution in [-0.2, 0) is 9.84 Å². The molecule has 3 aromatic rings. The minimum atomic E-state index is -3.23. The van der Waals surface area contributed by atoms with Gasteiger partial charge in [-0.15, -0.1) is 0 Å². The number of fused-ring (bicyclic) bond motifs is 1. The highest BCUT2D eigenvalue weighted by Crippen LogP contribution is 2.34. The maximum atomic E-state index is 12.7. The van der Waals surface area contributed by atoms with Gasteiger partial charge in [-0.25, -0.2) is 18.2 Å². The Labute approximate surface area is 200 Å². The zero-order valence-corrected chi connectivity index (χ0v) is 20.4. The number of nitrogens with zero attached hydrogens (tertiary/aromatic N) is 2. The molecule has 0 radical (unpaired) electrons. The third kappa shape index (κ3) is 4.46. The van der Waals surface area contributed by atoms with E-state index in [1.807, 2.05) is 23.2 Å². The van der Waals surface area contributed by atoms with E-state index in [0.717, 1.165) is 47.0 Å². The Bertz CT molecular complexity index is 1370. The van der Waals surface area contributed by atoms with Crippen molar-refractivity contribution in [1.82, 2.24) is 20.2 Å². The van der Waals surface area contributed by atoms with E-state index in [2.05, 4.69) is 28.3 Å². The van der Waals surface area contributed by atoms with Crippen LogP contribution in [0, 0.1) is 0 Å². The lowest BCUT2D eigenvalue weighted by atomic mass is 9.93. The van der Waals surface area contributed by atoms with Crippen LogP contribution in [-0.4, -0.2) is 54.7 Å². The molecule has 34 heavy (non-hydrogen) atoms. The van der Waals surface area contributed by atoms with Crippen LogP contribution in [0.1, 0.15) is 44.6 Å². The number of nitrogens with one attached hydrogen (secondary N) is 2. The van der Waals surface area contributed by atoms with E-state index in [0.29, 0.717) is 24.0 Å². The number of hydrogen-bond donors (Lipinski definition) is 2. The van der Waals surface area contributed by atoms with E-state index < -0.39 is 9.84 Å². The van der Waals surface area contributed by atoms with Gasteiger partial charge in [-0.1, -0.05) is 25.0 Å². The molecule has 5 rings (SSSR count). The van der Waals surface area contributed by atoms with E-state index in [1.165, 1.54) is 30.2 Å². The summed E-state index contributed by atoms with van der Waals surface area (Å²) in [6.45, 7) is 3.42. The van der Waals surface area contributed by atoms with Crippen molar-refractivity contribution in [2.45, 2.75) is 50.0 Å². The van der Waals surface area contributed by atoms with Gasteiger partial charge in [0, 0.05) is 54.3 Å². The molecule has 7 nitrogen and oxygen atoms in total. The first-order chi connectivity index (χ1) is 16.3. The predicted octanol–water partition coefficient (Wildman–Crippen LogP) is 4.76. The van der Waals surface area contributed by atoms with Crippen molar-refractivity contribution in [3.8, 4) is 11.1 Å². The summed E-state index contributed by atoms with van der Waals surface area (Å²) in [6.07, 6.45) is 10.4. The zero-order valence-electron chi connectivity index (χ0n) is 19.6. The predicted molar refractivity (Wildman–Crippen MR) is 134 cm³/mol. The summed E-state index contributed by atoms with van der Waals surface area (Å²) in [7, 11) is -3.23. The monoisotopic (exact) mass is 478 g/mol. The normalized spacial score (nSPS) is 17.5. The average Bonchev–Trinajstić information content (AvgIpc) is 3.48. The van der Waals surface area contributed by atoms with Gasteiger partial charge < -0.3 is 15.2 Å². The number of carbonyl (C=O) groups is 1. The number of rotatable bonds is 4. The Morgan fingerprint density at radius 1 is 1.15 bits per heavy atom. The molecule has 1 aliphatic heterocycles. The number of pyridine rings is 1. The molecule has 1 aromatic carbocycles. The summed E-state index contributed by atoms with van der Waals surface area (Å²) >= 11 is 0. The molecule has 8 heteroatoms. The first kappa shape index (κ1) is 22.7. The molecule has 1 aliphatic carbocycles. The first-order valence-corrected chi connectivity index (χ1v) is 13.7. The Morgan fingerprint density at radius 2 is 1.88 bits per heavy atom. The van der Waals surface area contributed by atoms with Crippen LogP contribution in [0.15, 0.2) is 53.2 Å². The second kappa shape index (κ2) is 8.91. The summed E-state index contributed by atoms with van der Waals surface area (Å²) in [5.41, 5.74) is 6.22. The minimum absolute atomic E-state index is 0.0470. The van der Waals surface area contributed by atoms with Crippen LogP contribution in [0.25, 0.3) is 27.7 Å². The van der Waals surface area contributed by atoms with Crippen LogP contribution in [0.5, 0.6) is 0 Å². The molecule has 0 spiro atoms. The summed E-state index contributed by atoms with van der Waals surface area (Å²) in [5, 5.41) is 4.23. The van der Waals surface area contributed by atoms with Crippen LogP contribution in [0.3, 0.4) is 0 Å². The van der Waals surface area contributed by atoms with Crippen molar-refractivity contribution >= 4 is 32.5 Å². The molecule has 0 atom stereocenters. The van der Waals surface area contributed by atoms with Gasteiger partial charge in [-0.3, -0.25) is 0 Å². The molecule has 178 valence electrons. The smallest absolute Gasteiger partial charge is 0.317 e. The summed E-state index contributed by atoms with van der Waals surface area (Å²) in [4.78, 5) is 22.8. The molecule has 1 fully saturated rings. The minimum Gasteiger partial charge on any atom is -0.346 e. The van der Waals surface area contributed by atoms with E-state index in [4.69, 9.17) is 0 Å². The fourth-order valence-corrected chi connectivity index (χ4v) is 5.73. The summed E-state index contributed by atoms with van der Waals surface area (Å²) in [6, 6.07) is 9.36. The van der Waals surface area contributed by atoms with E-state index in [9.17, 15) is 13.2 Å². The molecule has 0 unspecified atom stereocenters. The quantitative estimate of drug-likeness (QED) is 0.565. The Morgan fingerprint density at radius 3 is 2.56 bits per heavy atom. The number of carbonyl (C=O) groups excluding carboxylic acids is 1. The third-order valence-corrected chi connectivity index (χ3v) is 8.15. The van der Waals surface area contributed by atoms with Crippen LogP contribution < -0.4 is 5.32 Å². The molecule has 1 saturated carbocycles. The lowest BCUT2D eigenvalue weighted by molar-refractivity contribution is 0.197. The number of hydrogen-bond acceptors (Lipinski definition) is 4. The highest BCUT2D eigenvalue weighted by Gasteiger charge is 2.25. The van der Waals surface area contributed by atoms with Gasteiger partial charge >= 0.3 is 6.03 Å². The van der Waals surface area contributed by atoms with Gasteiger partial charge in [-0.05, 0) is 61.1 Å². The molecule has 2 amide bonds. The van der Waals surface area contributed by atoms with Crippen molar-refractivity contribution in [3.63, 3.8) is 0 Å². The molecule has 0 bridgehead atoms. The maximum Gasteiger partial charge on any atom is 0.317 e. The molecular weight excluding hydrogens is 448 g/mol. The van der Waals surface area contributed by atoms with Gasteiger partial charge in [0.15, 0.2) is 9.84 Å². The van der Waals surface area contributed by atoms with Crippen molar-refractivity contribution in [3.05, 3.63) is 53.9 Å². The number of aromatic nitrogens is 2. The largest absolute Gasteiger partial charge is 0.346 e. The summed E-state index contributed by atoms with van der Waals surface area (Å²) < 4.78 is 23.5. The number of H-pyrrole nitrogens is 1. The average molecular weight is 479 g/mol. The lowest BCUT2D eigenvalue weighted by Gasteiger charge is -2.31. The van der Waals surface area contributed by atoms with E-state index in [-0.39, 0.29) is 6.03 Å². The highest BCUT2D eigenvalue weighted by molar-refractivity contribution is 7.90. The highest BCUT2D eigenvalue weighted by atomic mass is 32.2. The molecule has 2 aliphatic rings. The van der Waals surface area contributed by atoms with Crippen molar-refractivity contribution in [2.24, 2.45) is 0 Å². The second-order valence-electron chi connectivity index (χ2n) is 9.48. The Kier molecular flexibility index (Phi) is 5.93. The van der Waals surface area contributed by atoms with Crippen LogP contribution in [0.4, 0.5) is 4.79 Å². The van der Waals surface area contributed by atoms with Crippen LogP contribution in [0.2, 0.25) is 0 Å². The van der Waals surface area contributed by atoms with Crippen LogP contribution >= 0.6 is 0 Å². The van der Waals surface area contributed by atoms with Gasteiger partial charge in [-0.2, -0.15) is 0 Å². The number of urea groups is 1. The molecule has 2 aromatic heterocycles. The SMILES string of the molecule is CC1=C(c2c[nH]c3ncc(-c4ccc(S(C)(=O)=O)cc4)cc23)CCN(C(=O)NC2CCCC2)C1. The van der Waals surface area contributed by atoms with Gasteiger partial charge in [0.05, 0.1) is 4.90 Å². The number of benzene rings is 1. The topological polar surface area (TPSA) is 95.2 Å². The molecule has 0 saturated heterocycles. The summed E-state index contributed by atoms with van der Waals surface area (Å²) in [5.74, 6) is 0. The van der Waals surface area contributed by atoms with Crippen molar-refractivity contribution in [2.75, 3.05) is 19.3 Å². The third-order valence-electron chi connectivity index (χ3n) is 7.02. The van der Waals surface area contributed by atoms with Crippen molar-refractivity contribution in [1.29, 1.82) is 0 Å². The zero-order chi connectivity index (χ0) is 23.9. The number of aromatic amines is 1. The first-order valence-electron chi connectivity index (χ1n) is 11.8. The number of amides is 2. The second-order valence-corrected chi connectivity index (χ2v) is 11.5. The van der Waals surface area contributed by atoms with E-state index >= 15 is 0 Å². The molecule has 3 heterocycles. The maximum absolute atomic E-state index is 12.7. The standard InChI is InChI=1S/C26H30N4O3S/c1-17-16-30(26(31)29-20-5-3-4-6-20)12-11-22(17)24-15-28-25-23(24)13-19(14-27-25)18-7-9-21(10-8-18)34(2,32)33/h7-10,13-15,20H,3-6,11-12,16H2,1-2H3,(H,27,28)(H,29,31). The fraction of sp³-hybridized carbons (Fsp3) is 0.385. The fourth-order valence-electron chi connectivity index (χ4n) is 5.10. The van der Waals surface area contributed by atoms with Gasteiger partial charge in [0.2, 0.25) is 0 Å². The van der Waals surface area contributed by atoms with Gasteiger partial charge in [0.25, 0.3) is 0 Å². The number of sulfone groups is 1. The molecule has 2 N–H and O–H groups in total. The molecular formula is C26H30N4O3S. The lowest BCUT2D eigenvalue weighted by Crippen LogP contribution is -2.46. The van der Waals surface area contributed by atoms with E-state index in [1.54, 1.807) is 18.3 Å². The van der Waals surface area contributed by atoms with Gasteiger partial charge in [0.1, 0.15) is 5.65 Å².